The van der Waals surface area contributed by atoms with Crippen LogP contribution in [0, 0.1) is 5.92 Å². The van der Waals surface area contributed by atoms with Crippen LogP contribution in [-0.2, 0) is 4.79 Å². The van der Waals surface area contributed by atoms with E-state index < -0.39 is 0 Å². The maximum Gasteiger partial charge on any atom is 0.143 e. The second-order valence-corrected chi connectivity index (χ2v) is 3.00. The number of hydrogen-bond donors (Lipinski definition) is 0. The average Bonchev–Trinajstić information content (AvgIpc) is 2.40. The molecule has 0 saturated heterocycles. The van der Waals surface area contributed by atoms with E-state index in [0.29, 0.717) is 5.92 Å². The minimum atomic E-state index is -0.00926. The highest BCUT2D eigenvalue weighted by Gasteiger charge is 2.11. The van der Waals surface area contributed by atoms with Crippen LogP contribution in [0.2, 0.25) is 0 Å². The van der Waals surface area contributed by atoms with E-state index in [4.69, 9.17) is 0 Å². The quantitative estimate of drug-likeness (QED) is 0.604. The summed E-state index contributed by atoms with van der Waals surface area (Å²) in [4.78, 5) is 10.6. The van der Waals surface area contributed by atoms with Crippen molar-refractivity contribution in [2.45, 2.75) is 19.9 Å². The molecule has 1 rings (SSSR count). The van der Waals surface area contributed by atoms with Gasteiger partial charge in [-0.15, -0.1) is 0 Å². The molecule has 60 valence electrons. The van der Waals surface area contributed by atoms with Gasteiger partial charge in [0.15, 0.2) is 0 Å². The number of aromatic nitrogens is 1. The lowest BCUT2D eigenvalue weighted by atomic mass is 10.1. The minimum absolute atomic E-state index is 0.00926. The van der Waals surface area contributed by atoms with Gasteiger partial charge in [-0.1, -0.05) is 13.8 Å². The van der Waals surface area contributed by atoms with Gasteiger partial charge >= 0.3 is 0 Å². The van der Waals surface area contributed by atoms with E-state index >= 15 is 0 Å². The van der Waals surface area contributed by atoms with Crippen molar-refractivity contribution >= 4 is 6.29 Å². The zero-order valence-electron chi connectivity index (χ0n) is 6.90. The van der Waals surface area contributed by atoms with E-state index in [0.717, 1.165) is 6.29 Å². The SMILES string of the molecule is CC(C)C(C=O)n1cccc1. The number of aldehydes is 1. The van der Waals surface area contributed by atoms with Crippen molar-refractivity contribution in [3.63, 3.8) is 0 Å². The van der Waals surface area contributed by atoms with Gasteiger partial charge in [-0.2, -0.15) is 0 Å². The maximum atomic E-state index is 10.6. The van der Waals surface area contributed by atoms with Gasteiger partial charge in [-0.25, -0.2) is 0 Å². The summed E-state index contributed by atoms with van der Waals surface area (Å²) in [6.45, 7) is 4.08. The lowest BCUT2D eigenvalue weighted by Crippen LogP contribution is -2.14. The first kappa shape index (κ1) is 8.05. The molecule has 1 unspecified atom stereocenters. The zero-order chi connectivity index (χ0) is 8.27. The van der Waals surface area contributed by atoms with Gasteiger partial charge in [0.05, 0.1) is 6.04 Å². The van der Waals surface area contributed by atoms with E-state index in [9.17, 15) is 4.79 Å². The van der Waals surface area contributed by atoms with E-state index in [1.54, 1.807) is 0 Å². The number of nitrogens with zero attached hydrogens (tertiary/aromatic N) is 1. The highest BCUT2D eigenvalue weighted by molar-refractivity contribution is 5.56. The number of carbonyl (C=O) groups is 1. The van der Waals surface area contributed by atoms with Crippen LogP contribution in [0.3, 0.4) is 0 Å². The fourth-order valence-corrected chi connectivity index (χ4v) is 1.12. The zero-order valence-corrected chi connectivity index (χ0v) is 6.90. The summed E-state index contributed by atoms with van der Waals surface area (Å²) in [5.74, 6) is 0.361. The summed E-state index contributed by atoms with van der Waals surface area (Å²) >= 11 is 0. The molecule has 1 aromatic heterocycles. The summed E-state index contributed by atoms with van der Waals surface area (Å²) in [5, 5.41) is 0. The molecule has 2 nitrogen and oxygen atoms in total. The average molecular weight is 151 g/mol. The fraction of sp³-hybridized carbons (Fsp3) is 0.444. The number of hydrogen-bond acceptors (Lipinski definition) is 1. The van der Waals surface area contributed by atoms with Crippen LogP contribution >= 0.6 is 0 Å². The van der Waals surface area contributed by atoms with E-state index in [-0.39, 0.29) is 6.04 Å². The van der Waals surface area contributed by atoms with Gasteiger partial charge < -0.3 is 9.36 Å². The molecule has 1 heterocycles. The van der Waals surface area contributed by atoms with Gasteiger partial charge in [0.1, 0.15) is 6.29 Å². The molecule has 0 bridgehead atoms. The van der Waals surface area contributed by atoms with Gasteiger partial charge in [0.25, 0.3) is 0 Å². The van der Waals surface area contributed by atoms with Crippen molar-refractivity contribution in [3.05, 3.63) is 24.5 Å². The minimum Gasteiger partial charge on any atom is -0.344 e. The predicted molar refractivity (Wildman–Crippen MR) is 44.4 cm³/mol. The van der Waals surface area contributed by atoms with Crippen molar-refractivity contribution in [1.82, 2.24) is 4.57 Å². The standard InChI is InChI=1S/C9H13NO/c1-8(2)9(7-11)10-5-3-4-6-10/h3-9H,1-2H3. The third-order valence-corrected chi connectivity index (χ3v) is 1.79. The van der Waals surface area contributed by atoms with E-state index in [1.165, 1.54) is 0 Å². The third kappa shape index (κ3) is 1.70. The predicted octanol–water partition coefficient (Wildman–Crippen LogP) is 1.88. The van der Waals surface area contributed by atoms with Crippen molar-refractivity contribution < 1.29 is 4.79 Å². The van der Waals surface area contributed by atoms with Crippen molar-refractivity contribution in [2.75, 3.05) is 0 Å². The Hall–Kier alpha value is -1.05. The first-order valence-electron chi connectivity index (χ1n) is 3.83. The molecule has 0 spiro atoms. The molecule has 1 aromatic rings. The van der Waals surface area contributed by atoms with Crippen LogP contribution < -0.4 is 0 Å². The highest BCUT2D eigenvalue weighted by atomic mass is 16.1. The molecule has 2 heteroatoms. The number of rotatable bonds is 3. The van der Waals surface area contributed by atoms with Crippen molar-refractivity contribution in [1.29, 1.82) is 0 Å². The Morgan fingerprint density at radius 3 is 2.18 bits per heavy atom. The van der Waals surface area contributed by atoms with Gasteiger partial charge in [0, 0.05) is 12.4 Å². The molecular formula is C9H13NO. The molecule has 0 aliphatic rings. The monoisotopic (exact) mass is 151 g/mol. The highest BCUT2D eigenvalue weighted by Crippen LogP contribution is 2.14. The Morgan fingerprint density at radius 1 is 1.27 bits per heavy atom. The third-order valence-electron chi connectivity index (χ3n) is 1.79. The van der Waals surface area contributed by atoms with Gasteiger partial charge in [0.2, 0.25) is 0 Å². The molecule has 11 heavy (non-hydrogen) atoms. The van der Waals surface area contributed by atoms with Gasteiger partial charge in [-0.3, -0.25) is 0 Å². The molecule has 1 atom stereocenters. The molecule has 0 saturated carbocycles. The topological polar surface area (TPSA) is 22.0 Å². The Bertz CT molecular complexity index is 213. The maximum absolute atomic E-state index is 10.6. The Kier molecular flexibility index (Phi) is 2.47. The van der Waals surface area contributed by atoms with Crippen LogP contribution in [0.1, 0.15) is 19.9 Å². The lowest BCUT2D eigenvalue weighted by Gasteiger charge is -2.15. The van der Waals surface area contributed by atoms with E-state index in [2.05, 4.69) is 0 Å². The molecule has 0 aliphatic carbocycles. The molecule has 0 N–H and O–H groups in total. The second-order valence-electron chi connectivity index (χ2n) is 3.00. The molecular weight excluding hydrogens is 138 g/mol. The molecule has 0 radical (unpaired) electrons. The van der Waals surface area contributed by atoms with Crippen molar-refractivity contribution in [3.8, 4) is 0 Å². The van der Waals surface area contributed by atoms with Crippen LogP contribution in [-0.4, -0.2) is 10.9 Å². The van der Waals surface area contributed by atoms with Crippen LogP contribution in [0.25, 0.3) is 0 Å². The van der Waals surface area contributed by atoms with Gasteiger partial charge in [-0.05, 0) is 18.1 Å². The smallest absolute Gasteiger partial charge is 0.143 e. The van der Waals surface area contributed by atoms with Crippen LogP contribution in [0.4, 0.5) is 0 Å². The summed E-state index contributed by atoms with van der Waals surface area (Å²) in [6, 6.07) is 3.85. The summed E-state index contributed by atoms with van der Waals surface area (Å²) in [5.41, 5.74) is 0. The molecule has 0 fully saturated rings. The summed E-state index contributed by atoms with van der Waals surface area (Å²) < 4.78 is 1.93. The Balaban J connectivity index is 2.79. The molecule has 0 aliphatic heterocycles. The molecule has 0 aromatic carbocycles. The first-order valence-corrected chi connectivity index (χ1v) is 3.83. The summed E-state index contributed by atoms with van der Waals surface area (Å²) in [7, 11) is 0. The van der Waals surface area contributed by atoms with Crippen molar-refractivity contribution in [2.24, 2.45) is 5.92 Å². The van der Waals surface area contributed by atoms with Crippen LogP contribution in [0.5, 0.6) is 0 Å². The molecule has 0 amide bonds. The second kappa shape index (κ2) is 3.37. The lowest BCUT2D eigenvalue weighted by molar-refractivity contribution is -0.111. The normalized spacial score (nSPS) is 13.4. The fourth-order valence-electron chi connectivity index (χ4n) is 1.12. The largest absolute Gasteiger partial charge is 0.344 e. The first-order chi connectivity index (χ1) is 5.25. The van der Waals surface area contributed by atoms with E-state index in [1.807, 2.05) is 42.9 Å². The Morgan fingerprint density at radius 2 is 1.82 bits per heavy atom. The number of carbonyl (C=O) groups excluding carboxylic acids is 1. The summed E-state index contributed by atoms with van der Waals surface area (Å²) in [6.07, 6.45) is 4.82. The van der Waals surface area contributed by atoms with Crippen LogP contribution in [0.15, 0.2) is 24.5 Å². The Labute approximate surface area is 66.8 Å².